The molecule has 5 aromatic rings. The molecule has 0 saturated heterocycles. The molecule has 0 aliphatic rings. The fourth-order valence-electron chi connectivity index (χ4n) is 3.34. The summed E-state index contributed by atoms with van der Waals surface area (Å²) in [6, 6.07) is 26.1. The normalized spacial score (nSPS) is 10.8. The number of nitrogens with zero attached hydrogens (tertiary/aromatic N) is 4. The van der Waals surface area contributed by atoms with Crippen LogP contribution in [0.3, 0.4) is 0 Å². The van der Waals surface area contributed by atoms with E-state index in [1.165, 1.54) is 10.6 Å². The number of rotatable bonds is 6. The zero-order chi connectivity index (χ0) is 22.6. The van der Waals surface area contributed by atoms with Crippen molar-refractivity contribution in [1.82, 2.24) is 25.1 Å². The lowest BCUT2D eigenvalue weighted by Gasteiger charge is -2.09. The van der Waals surface area contributed by atoms with E-state index < -0.39 is 5.82 Å². The zero-order valence-electron chi connectivity index (χ0n) is 17.4. The number of carbonyl (C=O) groups excluding carboxylic acids is 1. The van der Waals surface area contributed by atoms with E-state index in [1.54, 1.807) is 54.6 Å². The first-order valence-electron chi connectivity index (χ1n) is 10.2. The minimum absolute atomic E-state index is 0.214. The third-order valence-corrected chi connectivity index (χ3v) is 4.97. The van der Waals surface area contributed by atoms with Crippen LogP contribution < -0.4 is 10.1 Å². The largest absolute Gasteiger partial charge is 0.438 e. The van der Waals surface area contributed by atoms with Gasteiger partial charge in [0.2, 0.25) is 5.88 Å². The highest BCUT2D eigenvalue weighted by atomic mass is 19.1. The molecular weight excluding hydrogens is 421 g/mol. The summed E-state index contributed by atoms with van der Waals surface area (Å²) in [7, 11) is 0. The van der Waals surface area contributed by atoms with Crippen molar-refractivity contribution in [2.45, 2.75) is 6.54 Å². The summed E-state index contributed by atoms with van der Waals surface area (Å²) < 4.78 is 21.5. The van der Waals surface area contributed by atoms with Crippen molar-refractivity contribution in [3.05, 3.63) is 108 Å². The third-order valence-electron chi connectivity index (χ3n) is 4.97. The van der Waals surface area contributed by atoms with Crippen LogP contribution in [0.5, 0.6) is 11.6 Å². The molecule has 0 aliphatic heterocycles. The molecule has 1 N–H and O–H groups in total. The Morgan fingerprint density at radius 2 is 1.73 bits per heavy atom. The maximum Gasteiger partial charge on any atom is 0.251 e. The Balaban J connectivity index is 1.36. The first-order chi connectivity index (χ1) is 16.2. The van der Waals surface area contributed by atoms with Gasteiger partial charge in [-0.15, -0.1) is 15.3 Å². The number of ether oxygens (including phenoxy) is 1. The Morgan fingerprint density at radius 3 is 2.58 bits per heavy atom. The van der Waals surface area contributed by atoms with Crippen LogP contribution in [0.15, 0.2) is 91.0 Å². The molecule has 5 rings (SSSR count). The van der Waals surface area contributed by atoms with Crippen LogP contribution in [0, 0.1) is 5.82 Å². The van der Waals surface area contributed by atoms with Gasteiger partial charge in [0, 0.05) is 18.2 Å². The number of aromatic nitrogens is 4. The molecule has 7 nitrogen and oxygen atoms in total. The van der Waals surface area contributed by atoms with Gasteiger partial charge in [0.25, 0.3) is 5.91 Å². The first kappa shape index (κ1) is 20.3. The van der Waals surface area contributed by atoms with Gasteiger partial charge in [0.1, 0.15) is 11.6 Å². The number of hydrogen-bond acceptors (Lipinski definition) is 5. The second kappa shape index (κ2) is 8.88. The minimum atomic E-state index is -0.422. The predicted molar refractivity (Wildman–Crippen MR) is 120 cm³/mol. The molecular formula is C25H18FN5O2. The summed E-state index contributed by atoms with van der Waals surface area (Å²) in [6.07, 6.45) is 0. The first-order valence-corrected chi connectivity index (χ1v) is 10.2. The van der Waals surface area contributed by atoms with Gasteiger partial charge >= 0.3 is 0 Å². The van der Waals surface area contributed by atoms with Gasteiger partial charge in [-0.25, -0.2) is 4.39 Å². The Hall–Kier alpha value is -4.59. The van der Waals surface area contributed by atoms with Gasteiger partial charge in [0.15, 0.2) is 11.5 Å². The molecule has 0 bridgehead atoms. The van der Waals surface area contributed by atoms with Crippen LogP contribution in [-0.2, 0) is 6.54 Å². The summed E-state index contributed by atoms with van der Waals surface area (Å²) in [4.78, 5) is 12.6. The second-order valence-electron chi connectivity index (χ2n) is 7.24. The third kappa shape index (κ3) is 4.40. The van der Waals surface area contributed by atoms with Crippen LogP contribution in [0.2, 0.25) is 0 Å². The maximum atomic E-state index is 14.2. The molecule has 1 amide bonds. The zero-order valence-corrected chi connectivity index (χ0v) is 17.4. The van der Waals surface area contributed by atoms with E-state index in [1.807, 2.05) is 30.3 Å². The van der Waals surface area contributed by atoms with Crippen molar-refractivity contribution in [3.8, 4) is 23.0 Å². The number of amides is 1. The van der Waals surface area contributed by atoms with Crippen LogP contribution in [0.25, 0.3) is 17.0 Å². The average molecular weight is 439 g/mol. The monoisotopic (exact) mass is 439 g/mol. The highest BCUT2D eigenvalue weighted by molar-refractivity contribution is 5.94. The van der Waals surface area contributed by atoms with E-state index in [4.69, 9.17) is 4.74 Å². The number of fused-ring (bicyclic) bond motifs is 1. The van der Waals surface area contributed by atoms with E-state index in [-0.39, 0.29) is 23.2 Å². The quantitative estimate of drug-likeness (QED) is 0.416. The second-order valence-corrected chi connectivity index (χ2v) is 7.24. The van der Waals surface area contributed by atoms with Crippen molar-refractivity contribution in [2.24, 2.45) is 0 Å². The van der Waals surface area contributed by atoms with Crippen LogP contribution in [0.4, 0.5) is 4.39 Å². The van der Waals surface area contributed by atoms with Crippen LogP contribution in [0.1, 0.15) is 15.9 Å². The van der Waals surface area contributed by atoms with E-state index >= 15 is 0 Å². The molecule has 33 heavy (non-hydrogen) atoms. The number of hydrogen-bond donors (Lipinski definition) is 1. The van der Waals surface area contributed by atoms with E-state index in [0.717, 1.165) is 5.56 Å². The molecule has 0 radical (unpaired) electrons. The average Bonchev–Trinajstić information content (AvgIpc) is 3.27. The van der Waals surface area contributed by atoms with Gasteiger partial charge in [-0.1, -0.05) is 48.5 Å². The molecule has 0 unspecified atom stereocenters. The van der Waals surface area contributed by atoms with Crippen molar-refractivity contribution in [2.75, 3.05) is 0 Å². The number of carbonyl (C=O) groups is 1. The van der Waals surface area contributed by atoms with Crippen molar-refractivity contribution < 1.29 is 13.9 Å². The summed E-state index contributed by atoms with van der Waals surface area (Å²) in [5.41, 5.74) is 2.21. The summed E-state index contributed by atoms with van der Waals surface area (Å²) in [5.74, 6) is 0.321. The Morgan fingerprint density at radius 1 is 0.909 bits per heavy atom. The minimum Gasteiger partial charge on any atom is -0.438 e. The fourth-order valence-corrected chi connectivity index (χ4v) is 3.34. The van der Waals surface area contributed by atoms with Gasteiger partial charge in [-0.2, -0.15) is 4.52 Å². The molecule has 162 valence electrons. The predicted octanol–water partition coefficient (Wildman–Crippen LogP) is 4.65. The Labute approximate surface area is 188 Å². The van der Waals surface area contributed by atoms with E-state index in [0.29, 0.717) is 23.5 Å². The van der Waals surface area contributed by atoms with Crippen LogP contribution in [-0.4, -0.2) is 25.7 Å². The van der Waals surface area contributed by atoms with Crippen LogP contribution >= 0.6 is 0 Å². The number of nitrogens with one attached hydrogen (secondary N) is 1. The smallest absolute Gasteiger partial charge is 0.251 e. The Bertz CT molecular complexity index is 1440. The standard InChI is InChI=1S/C25H18FN5O2/c26-21-12-5-4-11-20(21)24-29-28-22-13-14-23(30-31(22)24)33-19-10-6-9-18(15-19)25(32)27-16-17-7-2-1-3-8-17/h1-15H,16H2,(H,27,32). The summed E-state index contributed by atoms with van der Waals surface area (Å²) in [5, 5.41) is 15.4. The van der Waals surface area contributed by atoms with Gasteiger partial charge in [-0.05, 0) is 42.0 Å². The molecule has 2 heterocycles. The number of halogens is 1. The maximum absolute atomic E-state index is 14.2. The SMILES string of the molecule is O=C(NCc1ccccc1)c1cccc(Oc2ccc3nnc(-c4ccccc4F)n3n2)c1. The highest BCUT2D eigenvalue weighted by Crippen LogP contribution is 2.24. The molecule has 0 spiro atoms. The van der Waals surface area contributed by atoms with Crippen molar-refractivity contribution >= 4 is 11.6 Å². The fraction of sp³-hybridized carbons (Fsp3) is 0.0400. The van der Waals surface area contributed by atoms with Gasteiger partial charge in [-0.3, -0.25) is 4.79 Å². The molecule has 0 atom stereocenters. The molecule has 3 aromatic carbocycles. The molecule has 2 aromatic heterocycles. The topological polar surface area (TPSA) is 81.4 Å². The molecule has 0 saturated carbocycles. The van der Waals surface area contributed by atoms with Gasteiger partial charge < -0.3 is 10.1 Å². The van der Waals surface area contributed by atoms with Crippen molar-refractivity contribution in [3.63, 3.8) is 0 Å². The molecule has 8 heteroatoms. The van der Waals surface area contributed by atoms with Crippen molar-refractivity contribution in [1.29, 1.82) is 0 Å². The highest BCUT2D eigenvalue weighted by Gasteiger charge is 2.14. The van der Waals surface area contributed by atoms with E-state index in [9.17, 15) is 9.18 Å². The molecule has 0 fully saturated rings. The summed E-state index contributed by atoms with van der Waals surface area (Å²) >= 11 is 0. The summed E-state index contributed by atoms with van der Waals surface area (Å²) in [6.45, 7) is 0.426. The lowest BCUT2D eigenvalue weighted by molar-refractivity contribution is 0.0950. The molecule has 0 aliphatic carbocycles. The lowest BCUT2D eigenvalue weighted by atomic mass is 10.2. The van der Waals surface area contributed by atoms with Gasteiger partial charge in [0.05, 0.1) is 5.56 Å². The number of benzene rings is 3. The lowest BCUT2D eigenvalue weighted by Crippen LogP contribution is -2.22. The Kier molecular flexibility index (Phi) is 5.47. The van der Waals surface area contributed by atoms with E-state index in [2.05, 4.69) is 20.6 Å².